The molecule has 5 N–H and O–H groups in total. The van der Waals surface area contributed by atoms with E-state index in [1.54, 1.807) is 0 Å². The number of hydrogen-bond donors (Lipinski definition) is 4. The summed E-state index contributed by atoms with van der Waals surface area (Å²) in [6.07, 6.45) is 3.78. The Kier molecular flexibility index (Phi) is 3.40. The third kappa shape index (κ3) is 2.52. The van der Waals surface area contributed by atoms with Gasteiger partial charge in [0.25, 0.3) is 5.91 Å². The average molecular weight is 223 g/mol. The molecule has 2 heterocycles. The largest absolute Gasteiger partial charge is 0.383 e. The first-order chi connectivity index (χ1) is 7.77. The van der Waals surface area contributed by atoms with Crippen molar-refractivity contribution in [3.8, 4) is 0 Å². The molecule has 1 aliphatic heterocycles. The SMILES string of the molecule is Nc1[nH]ncc1C(=O)NCC1CCCNC1. The van der Waals surface area contributed by atoms with E-state index in [0.717, 1.165) is 19.5 Å². The summed E-state index contributed by atoms with van der Waals surface area (Å²) in [5.41, 5.74) is 5.98. The van der Waals surface area contributed by atoms with Gasteiger partial charge in [-0.05, 0) is 31.8 Å². The summed E-state index contributed by atoms with van der Waals surface area (Å²) in [7, 11) is 0. The second-order valence-electron chi connectivity index (χ2n) is 4.12. The van der Waals surface area contributed by atoms with Crippen LogP contribution in [0, 0.1) is 5.92 Å². The molecule has 0 bridgehead atoms. The van der Waals surface area contributed by atoms with Crippen molar-refractivity contribution in [1.29, 1.82) is 0 Å². The molecule has 0 saturated carbocycles. The monoisotopic (exact) mass is 223 g/mol. The van der Waals surface area contributed by atoms with Gasteiger partial charge in [-0.3, -0.25) is 9.89 Å². The fourth-order valence-corrected chi connectivity index (χ4v) is 1.91. The number of hydrogen-bond acceptors (Lipinski definition) is 4. The van der Waals surface area contributed by atoms with Crippen LogP contribution < -0.4 is 16.4 Å². The number of piperidine rings is 1. The van der Waals surface area contributed by atoms with Gasteiger partial charge in [0.05, 0.1) is 6.20 Å². The maximum Gasteiger partial charge on any atom is 0.256 e. The molecule has 6 heteroatoms. The molecule has 1 unspecified atom stereocenters. The van der Waals surface area contributed by atoms with Crippen molar-refractivity contribution in [1.82, 2.24) is 20.8 Å². The Hall–Kier alpha value is -1.56. The molecule has 1 fully saturated rings. The summed E-state index contributed by atoms with van der Waals surface area (Å²) in [5.74, 6) is 0.682. The summed E-state index contributed by atoms with van der Waals surface area (Å²) in [5, 5.41) is 12.4. The van der Waals surface area contributed by atoms with Crippen LogP contribution >= 0.6 is 0 Å². The first kappa shape index (κ1) is 10.9. The number of nitrogens with zero attached hydrogens (tertiary/aromatic N) is 1. The maximum atomic E-state index is 11.7. The second-order valence-corrected chi connectivity index (χ2v) is 4.12. The van der Waals surface area contributed by atoms with E-state index >= 15 is 0 Å². The molecule has 0 radical (unpaired) electrons. The molecule has 1 aliphatic rings. The summed E-state index contributed by atoms with van der Waals surface area (Å²) >= 11 is 0. The fraction of sp³-hybridized carbons (Fsp3) is 0.600. The zero-order valence-electron chi connectivity index (χ0n) is 9.12. The minimum atomic E-state index is -0.156. The van der Waals surface area contributed by atoms with E-state index in [1.165, 1.54) is 12.6 Å². The lowest BCUT2D eigenvalue weighted by Gasteiger charge is -2.22. The predicted molar refractivity (Wildman–Crippen MR) is 60.9 cm³/mol. The number of aromatic amines is 1. The molecule has 6 nitrogen and oxygen atoms in total. The third-order valence-electron chi connectivity index (χ3n) is 2.86. The highest BCUT2D eigenvalue weighted by Gasteiger charge is 2.16. The van der Waals surface area contributed by atoms with Gasteiger partial charge >= 0.3 is 0 Å². The number of nitrogen functional groups attached to an aromatic ring is 1. The number of nitrogens with one attached hydrogen (secondary N) is 3. The van der Waals surface area contributed by atoms with E-state index in [4.69, 9.17) is 5.73 Å². The van der Waals surface area contributed by atoms with Crippen molar-refractivity contribution >= 4 is 11.7 Å². The van der Waals surface area contributed by atoms with Crippen molar-refractivity contribution < 1.29 is 4.79 Å². The van der Waals surface area contributed by atoms with Crippen molar-refractivity contribution in [2.24, 2.45) is 5.92 Å². The van der Waals surface area contributed by atoms with Crippen LogP contribution in [0.2, 0.25) is 0 Å². The Labute approximate surface area is 94.0 Å². The Morgan fingerprint density at radius 1 is 1.69 bits per heavy atom. The molecule has 0 aromatic carbocycles. The van der Waals surface area contributed by atoms with Crippen molar-refractivity contribution in [3.63, 3.8) is 0 Å². The number of amides is 1. The number of aromatic nitrogens is 2. The normalized spacial score (nSPS) is 20.6. The van der Waals surface area contributed by atoms with Crippen molar-refractivity contribution in [2.45, 2.75) is 12.8 Å². The highest BCUT2D eigenvalue weighted by molar-refractivity contribution is 5.98. The number of carbonyl (C=O) groups excluding carboxylic acids is 1. The summed E-state index contributed by atoms with van der Waals surface area (Å²) < 4.78 is 0. The number of nitrogens with two attached hydrogens (primary N) is 1. The van der Waals surface area contributed by atoms with Gasteiger partial charge in [0.2, 0.25) is 0 Å². The smallest absolute Gasteiger partial charge is 0.256 e. The highest BCUT2D eigenvalue weighted by Crippen LogP contribution is 2.10. The molecule has 1 aromatic heterocycles. The van der Waals surface area contributed by atoms with Crippen molar-refractivity contribution in [3.05, 3.63) is 11.8 Å². The number of rotatable bonds is 3. The van der Waals surface area contributed by atoms with Gasteiger partial charge in [0.15, 0.2) is 0 Å². The Morgan fingerprint density at radius 3 is 3.19 bits per heavy atom. The quantitative estimate of drug-likeness (QED) is 0.567. The molecule has 0 aliphatic carbocycles. The van der Waals surface area contributed by atoms with E-state index < -0.39 is 0 Å². The van der Waals surface area contributed by atoms with Crippen LogP contribution in [0.5, 0.6) is 0 Å². The molecule has 1 aromatic rings. The second kappa shape index (κ2) is 4.98. The lowest BCUT2D eigenvalue weighted by Crippen LogP contribution is -2.38. The minimum Gasteiger partial charge on any atom is -0.383 e. The van der Waals surface area contributed by atoms with Gasteiger partial charge in [0.1, 0.15) is 11.4 Å². The van der Waals surface area contributed by atoms with Crippen molar-refractivity contribution in [2.75, 3.05) is 25.4 Å². The zero-order chi connectivity index (χ0) is 11.4. The predicted octanol–water partition coefficient (Wildman–Crippen LogP) is -0.279. The topological polar surface area (TPSA) is 95.8 Å². The molecule has 1 amide bonds. The number of anilines is 1. The minimum absolute atomic E-state index is 0.156. The fourth-order valence-electron chi connectivity index (χ4n) is 1.91. The molecular formula is C10H17N5O. The third-order valence-corrected chi connectivity index (χ3v) is 2.86. The molecular weight excluding hydrogens is 206 g/mol. The first-order valence-corrected chi connectivity index (χ1v) is 5.55. The summed E-state index contributed by atoms with van der Waals surface area (Å²) in [6, 6.07) is 0. The van der Waals surface area contributed by atoms with Crippen LogP contribution in [0.4, 0.5) is 5.82 Å². The zero-order valence-corrected chi connectivity index (χ0v) is 9.12. The maximum absolute atomic E-state index is 11.7. The molecule has 16 heavy (non-hydrogen) atoms. The Bertz CT molecular complexity index is 356. The van der Waals surface area contributed by atoms with Gasteiger partial charge in [-0.15, -0.1) is 0 Å². The van der Waals surface area contributed by atoms with Crippen LogP contribution in [-0.4, -0.2) is 35.7 Å². The number of H-pyrrole nitrogens is 1. The van der Waals surface area contributed by atoms with E-state index in [1.807, 2.05) is 0 Å². The van der Waals surface area contributed by atoms with Gasteiger partial charge in [-0.2, -0.15) is 5.10 Å². The first-order valence-electron chi connectivity index (χ1n) is 5.55. The molecule has 88 valence electrons. The molecule has 0 spiro atoms. The lowest BCUT2D eigenvalue weighted by atomic mass is 10.00. The van der Waals surface area contributed by atoms with Gasteiger partial charge in [-0.25, -0.2) is 0 Å². The molecule has 1 atom stereocenters. The van der Waals surface area contributed by atoms with E-state index in [-0.39, 0.29) is 5.91 Å². The summed E-state index contributed by atoms with van der Waals surface area (Å²) in [6.45, 7) is 2.75. The Balaban J connectivity index is 1.81. The van der Waals surface area contributed by atoms with Gasteiger partial charge in [-0.1, -0.05) is 0 Å². The van der Waals surface area contributed by atoms with Gasteiger partial charge < -0.3 is 16.4 Å². The van der Waals surface area contributed by atoms with Crippen LogP contribution in [0.3, 0.4) is 0 Å². The number of carbonyl (C=O) groups is 1. The van der Waals surface area contributed by atoms with Crippen LogP contribution in [0.25, 0.3) is 0 Å². The van der Waals surface area contributed by atoms with Crippen LogP contribution in [0.1, 0.15) is 23.2 Å². The van der Waals surface area contributed by atoms with Crippen LogP contribution in [0.15, 0.2) is 6.20 Å². The lowest BCUT2D eigenvalue weighted by molar-refractivity contribution is 0.0946. The van der Waals surface area contributed by atoms with E-state index in [9.17, 15) is 4.79 Å². The average Bonchev–Trinajstić information content (AvgIpc) is 2.74. The Morgan fingerprint density at radius 2 is 2.56 bits per heavy atom. The van der Waals surface area contributed by atoms with Gasteiger partial charge in [0, 0.05) is 6.54 Å². The standard InChI is InChI=1S/C10H17N5O/c11-9-8(6-14-15-9)10(16)13-5-7-2-1-3-12-4-7/h6-7,12H,1-5H2,(H,13,16)(H3,11,14,15). The molecule has 1 saturated heterocycles. The molecule has 2 rings (SSSR count). The highest BCUT2D eigenvalue weighted by atomic mass is 16.1. The van der Waals surface area contributed by atoms with E-state index in [2.05, 4.69) is 20.8 Å². The summed E-state index contributed by atoms with van der Waals surface area (Å²) in [4.78, 5) is 11.7. The van der Waals surface area contributed by atoms with E-state index in [0.29, 0.717) is 23.8 Å². The van der Waals surface area contributed by atoms with Crippen LogP contribution in [-0.2, 0) is 0 Å².